The predicted molar refractivity (Wildman–Crippen MR) is 83.4 cm³/mol. The van der Waals surface area contributed by atoms with E-state index in [1.165, 1.54) is 0 Å². The zero-order valence-electron chi connectivity index (χ0n) is 11.7. The molecule has 1 unspecified atom stereocenters. The Morgan fingerprint density at radius 3 is 2.71 bits per heavy atom. The second kappa shape index (κ2) is 6.07. The van der Waals surface area contributed by atoms with E-state index in [1.54, 1.807) is 19.1 Å². The average molecular weight is 328 g/mol. The van der Waals surface area contributed by atoms with Crippen LogP contribution in [0, 0.1) is 0 Å². The van der Waals surface area contributed by atoms with Crippen molar-refractivity contribution < 1.29 is 18.3 Å². The summed E-state index contributed by atoms with van der Waals surface area (Å²) in [6.07, 6.45) is 1.10. The minimum Gasteiger partial charge on any atom is -0.480 e. The monoisotopic (exact) mass is 328 g/mol. The fraction of sp³-hybridized carbons (Fsp3) is 0.385. The fourth-order valence-corrected chi connectivity index (χ4v) is 4.13. The molecule has 1 atom stereocenters. The normalized spacial score (nSPS) is 17.3. The molecule has 114 valence electrons. The van der Waals surface area contributed by atoms with Crippen LogP contribution in [0.5, 0.6) is 0 Å². The molecule has 0 aliphatic carbocycles. The van der Waals surface area contributed by atoms with Gasteiger partial charge in [-0.25, -0.2) is 0 Å². The van der Waals surface area contributed by atoms with Crippen molar-refractivity contribution in [2.75, 3.05) is 5.32 Å². The molecular formula is C13H16N2O4S2. The zero-order chi connectivity index (χ0) is 15.6. The van der Waals surface area contributed by atoms with Gasteiger partial charge in [-0.15, -0.1) is 4.40 Å². The molecule has 0 saturated heterocycles. The van der Waals surface area contributed by atoms with Crippen LogP contribution in [0.2, 0.25) is 0 Å². The number of sulfonamides is 1. The number of hydrogen-bond donors (Lipinski definition) is 2. The van der Waals surface area contributed by atoms with Gasteiger partial charge in [-0.05, 0) is 30.5 Å². The summed E-state index contributed by atoms with van der Waals surface area (Å²) in [4.78, 5) is 11.2. The van der Waals surface area contributed by atoms with Crippen molar-refractivity contribution in [1.29, 1.82) is 0 Å². The molecule has 1 heterocycles. The molecular weight excluding hydrogens is 312 g/mol. The third-order valence-corrected chi connectivity index (χ3v) is 5.75. The molecule has 0 spiro atoms. The van der Waals surface area contributed by atoms with Crippen LogP contribution in [0.25, 0.3) is 0 Å². The predicted octanol–water partition coefficient (Wildman–Crippen LogP) is 2.32. The number of benzene rings is 1. The minimum atomic E-state index is -3.79. The van der Waals surface area contributed by atoms with Gasteiger partial charge in [0.1, 0.15) is 10.1 Å². The van der Waals surface area contributed by atoms with Gasteiger partial charge in [-0.3, -0.25) is 4.79 Å². The smallest absolute Gasteiger partial charge is 0.317 e. The van der Waals surface area contributed by atoms with Crippen molar-refractivity contribution >= 4 is 38.6 Å². The van der Waals surface area contributed by atoms with Gasteiger partial charge in [-0.2, -0.15) is 8.42 Å². The van der Waals surface area contributed by atoms with Gasteiger partial charge >= 0.3 is 5.97 Å². The Kier molecular flexibility index (Phi) is 4.58. The van der Waals surface area contributed by atoms with Crippen LogP contribution >= 0.6 is 11.8 Å². The number of amidine groups is 1. The molecule has 2 N–H and O–H groups in total. The van der Waals surface area contributed by atoms with E-state index in [1.807, 2.05) is 13.0 Å². The number of rotatable bonds is 4. The van der Waals surface area contributed by atoms with Gasteiger partial charge in [-0.1, -0.05) is 31.7 Å². The second-order valence-electron chi connectivity index (χ2n) is 4.53. The van der Waals surface area contributed by atoms with E-state index in [-0.39, 0.29) is 10.1 Å². The summed E-state index contributed by atoms with van der Waals surface area (Å²) in [5.41, 5.74) is 1.34. The molecule has 8 heteroatoms. The summed E-state index contributed by atoms with van der Waals surface area (Å²) in [6.45, 7) is 3.67. The van der Waals surface area contributed by atoms with Crippen molar-refractivity contribution in [2.45, 2.75) is 36.8 Å². The van der Waals surface area contributed by atoms with Gasteiger partial charge in [0.15, 0.2) is 5.17 Å². The summed E-state index contributed by atoms with van der Waals surface area (Å²) >= 11 is 0.910. The summed E-state index contributed by atoms with van der Waals surface area (Å²) in [7, 11) is -3.79. The lowest BCUT2D eigenvalue weighted by molar-refractivity contribution is -0.136. The van der Waals surface area contributed by atoms with Crippen molar-refractivity contribution in [3.05, 3.63) is 23.8 Å². The maximum atomic E-state index is 12.2. The molecule has 1 aliphatic heterocycles. The van der Waals surface area contributed by atoms with Gasteiger partial charge in [0.25, 0.3) is 10.0 Å². The largest absolute Gasteiger partial charge is 0.480 e. The number of carbonyl (C=O) groups is 1. The highest BCUT2D eigenvalue weighted by Gasteiger charge is 2.28. The van der Waals surface area contributed by atoms with Crippen molar-refractivity contribution in [2.24, 2.45) is 4.40 Å². The van der Waals surface area contributed by atoms with Gasteiger partial charge in [0.05, 0.1) is 5.69 Å². The molecule has 21 heavy (non-hydrogen) atoms. The van der Waals surface area contributed by atoms with Crippen molar-refractivity contribution in [1.82, 2.24) is 0 Å². The number of nitrogens with one attached hydrogen (secondary N) is 1. The summed E-state index contributed by atoms with van der Waals surface area (Å²) < 4.78 is 28.1. The first-order valence-corrected chi connectivity index (χ1v) is 8.83. The molecule has 2 rings (SSSR count). The quantitative estimate of drug-likeness (QED) is 0.880. The number of anilines is 1. The number of aliphatic carboxylic acids is 1. The molecule has 1 aromatic carbocycles. The van der Waals surface area contributed by atoms with Crippen molar-refractivity contribution in [3.63, 3.8) is 0 Å². The number of nitrogens with zero attached hydrogens (tertiary/aromatic N) is 1. The fourth-order valence-electron chi connectivity index (χ4n) is 1.89. The number of aryl methyl sites for hydroxylation is 1. The highest BCUT2D eigenvalue weighted by Crippen LogP contribution is 2.31. The molecule has 0 amide bonds. The lowest BCUT2D eigenvalue weighted by Crippen LogP contribution is -2.24. The number of carboxylic acid groups (broad SMARTS) is 1. The summed E-state index contributed by atoms with van der Waals surface area (Å²) in [6, 6.07) is 5.11. The van der Waals surface area contributed by atoms with Crippen LogP contribution in [0.4, 0.5) is 5.69 Å². The lowest BCUT2D eigenvalue weighted by atomic mass is 10.1. The number of hydrogen-bond acceptors (Lipinski definition) is 5. The van der Waals surface area contributed by atoms with Gasteiger partial charge < -0.3 is 10.4 Å². The van der Waals surface area contributed by atoms with Gasteiger partial charge in [0.2, 0.25) is 0 Å². The van der Waals surface area contributed by atoms with E-state index in [4.69, 9.17) is 5.11 Å². The average Bonchev–Trinajstić information content (AvgIpc) is 2.43. The zero-order valence-corrected chi connectivity index (χ0v) is 13.3. The standard InChI is InChI=1S/C13H16N2O4S2/c1-3-8-5-6-9-11(7-8)21(18,19)15-13(14-9)20-10(4-2)12(16)17/h5-7,10H,3-4H2,1-2H3,(H,14,15)(H,16,17). The molecule has 0 saturated carbocycles. The first-order chi connectivity index (χ1) is 9.87. The van der Waals surface area contributed by atoms with E-state index in [9.17, 15) is 13.2 Å². The Hall–Kier alpha value is -1.54. The van der Waals surface area contributed by atoms with E-state index in [0.29, 0.717) is 12.1 Å². The van der Waals surface area contributed by atoms with E-state index >= 15 is 0 Å². The highest BCUT2D eigenvalue weighted by atomic mass is 32.2. The molecule has 1 aliphatic rings. The third kappa shape index (κ3) is 3.38. The first-order valence-electron chi connectivity index (χ1n) is 6.51. The van der Waals surface area contributed by atoms with Crippen LogP contribution in [0.1, 0.15) is 25.8 Å². The number of thioether (sulfide) groups is 1. The first kappa shape index (κ1) is 15.8. The molecule has 0 fully saturated rings. The molecule has 0 bridgehead atoms. The van der Waals surface area contributed by atoms with Crippen LogP contribution in [-0.2, 0) is 21.2 Å². The van der Waals surface area contributed by atoms with E-state index < -0.39 is 21.2 Å². The molecule has 0 aromatic heterocycles. The van der Waals surface area contributed by atoms with Crippen LogP contribution in [0.15, 0.2) is 27.5 Å². The van der Waals surface area contributed by atoms with Crippen molar-refractivity contribution in [3.8, 4) is 0 Å². The molecule has 1 aromatic rings. The second-order valence-corrected chi connectivity index (χ2v) is 7.30. The molecule has 6 nitrogen and oxygen atoms in total. The van der Waals surface area contributed by atoms with Crippen LogP contribution < -0.4 is 5.32 Å². The van der Waals surface area contributed by atoms with E-state index in [0.717, 1.165) is 23.7 Å². The third-order valence-electron chi connectivity index (χ3n) is 3.08. The summed E-state index contributed by atoms with van der Waals surface area (Å²) in [5, 5.41) is 11.3. The Morgan fingerprint density at radius 1 is 1.43 bits per heavy atom. The number of carboxylic acids is 1. The number of fused-ring (bicyclic) bond motifs is 1. The summed E-state index contributed by atoms with van der Waals surface area (Å²) in [5.74, 6) is -0.989. The Labute approximate surface area is 127 Å². The topological polar surface area (TPSA) is 95.8 Å². The lowest BCUT2D eigenvalue weighted by Gasteiger charge is -2.20. The highest BCUT2D eigenvalue weighted by molar-refractivity contribution is 8.15. The van der Waals surface area contributed by atoms with Crippen LogP contribution in [-0.4, -0.2) is 29.9 Å². The van der Waals surface area contributed by atoms with Crippen LogP contribution in [0.3, 0.4) is 0 Å². The Balaban J connectivity index is 2.35. The molecule has 0 radical (unpaired) electrons. The minimum absolute atomic E-state index is 0.0981. The maximum absolute atomic E-state index is 12.2. The Morgan fingerprint density at radius 2 is 2.14 bits per heavy atom. The maximum Gasteiger partial charge on any atom is 0.317 e. The van der Waals surface area contributed by atoms with E-state index in [2.05, 4.69) is 9.71 Å². The van der Waals surface area contributed by atoms with Gasteiger partial charge in [0, 0.05) is 0 Å². The Bertz CT molecular complexity index is 698. The SMILES string of the molecule is CCc1ccc2c(c1)S(=O)(=O)N=C(SC(CC)C(=O)O)N2.